The van der Waals surface area contributed by atoms with Gasteiger partial charge in [0.05, 0.1) is 0 Å². The Hall–Kier alpha value is -0.530. The molecule has 2 atom stereocenters. The number of rotatable bonds is 5. The molecule has 2 unspecified atom stereocenters. The second-order valence-corrected chi connectivity index (χ2v) is 6.25. The van der Waals surface area contributed by atoms with E-state index in [0.717, 1.165) is 23.9 Å². The highest BCUT2D eigenvalue weighted by Crippen LogP contribution is 2.51. The minimum Gasteiger partial charge on any atom is -0.310 e. The number of benzene rings is 1. The van der Waals surface area contributed by atoms with Gasteiger partial charge in [-0.1, -0.05) is 44.5 Å². The first-order valence-corrected chi connectivity index (χ1v) is 6.89. The summed E-state index contributed by atoms with van der Waals surface area (Å²) in [4.78, 5) is 0. The molecule has 1 fully saturated rings. The summed E-state index contributed by atoms with van der Waals surface area (Å²) in [7, 11) is 0. The predicted octanol–water partition coefficient (Wildman–Crippen LogP) is 4.43. The quantitative estimate of drug-likeness (QED) is 0.817. The van der Waals surface area contributed by atoms with Gasteiger partial charge in [-0.3, -0.25) is 0 Å². The van der Waals surface area contributed by atoms with E-state index in [4.69, 9.17) is 11.6 Å². The van der Waals surface area contributed by atoms with Crippen molar-refractivity contribution in [3.63, 3.8) is 0 Å². The molecular weight excluding hydrogens is 230 g/mol. The summed E-state index contributed by atoms with van der Waals surface area (Å²) >= 11 is 5.91. The predicted molar refractivity (Wildman–Crippen MR) is 74.4 cm³/mol. The first-order valence-electron chi connectivity index (χ1n) is 6.52. The largest absolute Gasteiger partial charge is 0.310 e. The van der Waals surface area contributed by atoms with Crippen LogP contribution in [0.1, 0.15) is 45.2 Å². The van der Waals surface area contributed by atoms with Crippen LogP contribution in [0.4, 0.5) is 0 Å². The van der Waals surface area contributed by atoms with Gasteiger partial charge in [0.25, 0.3) is 0 Å². The Morgan fingerprint density at radius 3 is 2.41 bits per heavy atom. The monoisotopic (exact) mass is 251 g/mol. The van der Waals surface area contributed by atoms with Crippen LogP contribution in [0.5, 0.6) is 0 Å². The highest BCUT2D eigenvalue weighted by Gasteiger charge is 2.44. The molecule has 17 heavy (non-hydrogen) atoms. The summed E-state index contributed by atoms with van der Waals surface area (Å²) < 4.78 is 0. The van der Waals surface area contributed by atoms with Crippen molar-refractivity contribution in [1.29, 1.82) is 0 Å². The maximum Gasteiger partial charge on any atom is 0.0406 e. The molecule has 1 nitrogen and oxygen atoms in total. The molecule has 1 saturated carbocycles. The lowest BCUT2D eigenvalue weighted by Crippen LogP contribution is -2.24. The van der Waals surface area contributed by atoms with Crippen LogP contribution >= 0.6 is 11.6 Å². The van der Waals surface area contributed by atoms with Crippen LogP contribution in [0.2, 0.25) is 5.02 Å². The van der Waals surface area contributed by atoms with Gasteiger partial charge < -0.3 is 5.32 Å². The number of hydrogen-bond acceptors (Lipinski definition) is 1. The lowest BCUT2D eigenvalue weighted by molar-refractivity contribution is 0.460. The van der Waals surface area contributed by atoms with E-state index in [1.54, 1.807) is 0 Å². The van der Waals surface area contributed by atoms with E-state index < -0.39 is 0 Å². The lowest BCUT2D eigenvalue weighted by atomic mass is 10.0. The maximum atomic E-state index is 5.91. The average Bonchev–Trinajstić information content (AvgIpc) is 2.90. The fraction of sp³-hybridized carbons (Fsp3) is 0.600. The van der Waals surface area contributed by atoms with Crippen molar-refractivity contribution in [1.82, 2.24) is 5.32 Å². The molecule has 2 rings (SSSR count). The third-order valence-electron chi connectivity index (χ3n) is 4.01. The Morgan fingerprint density at radius 1 is 1.35 bits per heavy atom. The van der Waals surface area contributed by atoms with Crippen molar-refractivity contribution >= 4 is 11.6 Å². The summed E-state index contributed by atoms with van der Waals surface area (Å²) in [6, 6.07) is 8.66. The minimum absolute atomic E-state index is 0.462. The van der Waals surface area contributed by atoms with E-state index in [9.17, 15) is 0 Å². The molecule has 1 aliphatic rings. The van der Waals surface area contributed by atoms with Gasteiger partial charge in [-0.05, 0) is 48.4 Å². The summed E-state index contributed by atoms with van der Waals surface area (Å²) in [5.41, 5.74) is 1.90. The van der Waals surface area contributed by atoms with Crippen LogP contribution in [0, 0.1) is 11.3 Å². The summed E-state index contributed by atoms with van der Waals surface area (Å²) in [5.74, 6) is 0.851. The van der Waals surface area contributed by atoms with E-state index in [0.29, 0.717) is 11.5 Å². The van der Waals surface area contributed by atoms with E-state index >= 15 is 0 Å². The first-order chi connectivity index (χ1) is 8.03. The van der Waals surface area contributed by atoms with Gasteiger partial charge in [0, 0.05) is 11.1 Å². The topological polar surface area (TPSA) is 12.0 Å². The Kier molecular flexibility index (Phi) is 3.79. The van der Waals surface area contributed by atoms with Crippen molar-refractivity contribution in [2.45, 2.75) is 39.7 Å². The van der Waals surface area contributed by atoms with Crippen molar-refractivity contribution in [2.75, 3.05) is 6.54 Å². The zero-order valence-corrected chi connectivity index (χ0v) is 11.7. The molecule has 0 amide bonds. The third-order valence-corrected chi connectivity index (χ3v) is 4.26. The van der Waals surface area contributed by atoms with E-state index in [1.165, 1.54) is 12.0 Å². The second kappa shape index (κ2) is 4.99. The summed E-state index contributed by atoms with van der Waals surface area (Å²) in [6.07, 6.45) is 2.48. The zero-order chi connectivity index (χ0) is 12.5. The molecule has 1 N–H and O–H groups in total. The van der Waals surface area contributed by atoms with Crippen molar-refractivity contribution in [3.05, 3.63) is 34.9 Å². The molecule has 94 valence electrons. The second-order valence-electron chi connectivity index (χ2n) is 5.81. The van der Waals surface area contributed by atoms with Gasteiger partial charge in [-0.25, -0.2) is 0 Å². The fourth-order valence-corrected chi connectivity index (χ4v) is 2.53. The zero-order valence-electron chi connectivity index (χ0n) is 11.0. The Bertz CT molecular complexity index is 369. The standard InChI is InChI=1S/C15H22ClN/c1-4-14(11-5-7-13(16)8-6-11)17-10-12-9-15(12,2)3/h5-8,12,14,17H,4,9-10H2,1-3H3. The van der Waals surface area contributed by atoms with Gasteiger partial charge in [-0.15, -0.1) is 0 Å². The average molecular weight is 252 g/mol. The first kappa shape index (κ1) is 12.9. The van der Waals surface area contributed by atoms with E-state index in [2.05, 4.69) is 38.2 Å². The molecule has 1 aromatic rings. The van der Waals surface area contributed by atoms with Gasteiger partial charge in [0.15, 0.2) is 0 Å². The minimum atomic E-state index is 0.462. The molecule has 0 spiro atoms. The molecule has 0 aliphatic heterocycles. The molecular formula is C15H22ClN. The molecule has 2 heteroatoms. The van der Waals surface area contributed by atoms with Crippen LogP contribution in [-0.2, 0) is 0 Å². The normalized spacial score (nSPS) is 23.4. The Morgan fingerprint density at radius 2 is 1.94 bits per heavy atom. The molecule has 0 radical (unpaired) electrons. The van der Waals surface area contributed by atoms with Crippen molar-refractivity contribution in [2.24, 2.45) is 11.3 Å². The van der Waals surface area contributed by atoms with Crippen LogP contribution in [-0.4, -0.2) is 6.54 Å². The SMILES string of the molecule is CCC(NCC1CC1(C)C)c1ccc(Cl)cc1. The maximum absolute atomic E-state index is 5.91. The fourth-order valence-electron chi connectivity index (χ4n) is 2.40. The smallest absolute Gasteiger partial charge is 0.0406 e. The molecule has 0 bridgehead atoms. The molecule has 0 saturated heterocycles. The molecule has 0 heterocycles. The van der Waals surface area contributed by atoms with Crippen molar-refractivity contribution in [3.8, 4) is 0 Å². The molecule has 1 aromatic carbocycles. The Balaban J connectivity index is 1.90. The van der Waals surface area contributed by atoms with E-state index in [-0.39, 0.29) is 0 Å². The summed E-state index contributed by atoms with van der Waals surface area (Å²) in [6.45, 7) is 8.06. The van der Waals surface area contributed by atoms with Crippen LogP contribution < -0.4 is 5.32 Å². The van der Waals surface area contributed by atoms with Crippen LogP contribution in [0.3, 0.4) is 0 Å². The summed E-state index contributed by atoms with van der Waals surface area (Å²) in [5, 5.41) is 4.49. The molecule has 1 aliphatic carbocycles. The number of hydrogen-bond donors (Lipinski definition) is 1. The van der Waals surface area contributed by atoms with Gasteiger partial charge >= 0.3 is 0 Å². The van der Waals surface area contributed by atoms with Crippen LogP contribution in [0.25, 0.3) is 0 Å². The van der Waals surface area contributed by atoms with E-state index in [1.807, 2.05) is 12.1 Å². The number of nitrogens with one attached hydrogen (secondary N) is 1. The van der Waals surface area contributed by atoms with Crippen LogP contribution in [0.15, 0.2) is 24.3 Å². The van der Waals surface area contributed by atoms with Gasteiger partial charge in [0.2, 0.25) is 0 Å². The Labute approximate surface area is 110 Å². The van der Waals surface area contributed by atoms with Crippen molar-refractivity contribution < 1.29 is 0 Å². The van der Waals surface area contributed by atoms with Gasteiger partial charge in [0.1, 0.15) is 0 Å². The highest BCUT2D eigenvalue weighted by molar-refractivity contribution is 6.30. The highest BCUT2D eigenvalue weighted by atomic mass is 35.5. The van der Waals surface area contributed by atoms with Gasteiger partial charge in [-0.2, -0.15) is 0 Å². The lowest BCUT2D eigenvalue weighted by Gasteiger charge is -2.18. The third kappa shape index (κ3) is 3.23. The number of halogens is 1. The molecule has 0 aromatic heterocycles.